The maximum atomic E-state index is 15.2. The van der Waals surface area contributed by atoms with Gasteiger partial charge in [0, 0.05) is 38.9 Å². The van der Waals surface area contributed by atoms with Crippen LogP contribution in [0.1, 0.15) is 23.2 Å². The predicted octanol–water partition coefficient (Wildman–Crippen LogP) is 1.04. The predicted molar refractivity (Wildman–Crippen MR) is 102 cm³/mol. The minimum absolute atomic E-state index is 0.0159. The zero-order valence-corrected chi connectivity index (χ0v) is 15.5. The number of aromatic carboxylic acids is 1. The summed E-state index contributed by atoms with van der Waals surface area (Å²) in [6, 6.07) is 1.56. The smallest absolute Gasteiger partial charge is 0.341 e. The molecule has 2 fully saturated rings. The topological polar surface area (TPSA) is 78.2 Å². The number of anilines is 1. The van der Waals surface area contributed by atoms with Gasteiger partial charge >= 0.3 is 5.97 Å². The Hall–Kier alpha value is -2.81. The first-order chi connectivity index (χ1) is 13.5. The molecule has 0 amide bonds. The van der Waals surface area contributed by atoms with Gasteiger partial charge in [0.05, 0.1) is 5.39 Å². The van der Waals surface area contributed by atoms with Crippen LogP contribution in [-0.4, -0.2) is 66.7 Å². The third-order valence-electron chi connectivity index (χ3n) is 6.05. The molecule has 0 radical (unpaired) electrons. The molecule has 0 spiro atoms. The largest absolute Gasteiger partial charge is 0.477 e. The van der Waals surface area contributed by atoms with E-state index in [0.29, 0.717) is 36.1 Å². The van der Waals surface area contributed by atoms with E-state index >= 15 is 4.39 Å². The van der Waals surface area contributed by atoms with Crippen molar-refractivity contribution in [1.82, 2.24) is 9.58 Å². The van der Waals surface area contributed by atoms with E-state index in [1.807, 2.05) is 4.90 Å². The highest BCUT2D eigenvalue weighted by Crippen LogP contribution is 2.41. The van der Waals surface area contributed by atoms with Gasteiger partial charge in [-0.3, -0.25) is 19.4 Å². The number of carbonyl (C=O) groups is 1. The first-order valence-electron chi connectivity index (χ1n) is 9.44. The van der Waals surface area contributed by atoms with Gasteiger partial charge in [-0.05, 0) is 25.5 Å². The molecule has 0 aliphatic carbocycles. The molecule has 0 bridgehead atoms. The number of carboxylic acids is 1. The van der Waals surface area contributed by atoms with E-state index in [0.717, 1.165) is 32.0 Å². The molecule has 0 unspecified atom stereocenters. The van der Waals surface area contributed by atoms with Crippen molar-refractivity contribution >= 4 is 22.6 Å². The van der Waals surface area contributed by atoms with E-state index in [1.165, 1.54) is 6.20 Å². The fourth-order valence-corrected chi connectivity index (χ4v) is 4.66. The fraction of sp³-hybridized carbons (Fsp3) is 0.474. The molecular weight excluding hydrogens is 367 g/mol. The van der Waals surface area contributed by atoms with Crippen molar-refractivity contribution in [2.75, 3.05) is 49.9 Å². The third kappa shape index (κ3) is 2.39. The number of piperazine rings is 1. The number of hydrogen-bond acceptors (Lipinski definition) is 6. The first-order valence-corrected chi connectivity index (χ1v) is 9.44. The fourth-order valence-electron chi connectivity index (χ4n) is 4.66. The minimum Gasteiger partial charge on any atom is -0.477 e. The standard InChI is InChI=1S/C19H21FN4O4/c1-21-10-28-18-15-12(17(25)13(19(26)27)9-24(15)21)7-14(20)16(18)23-6-5-22-4-2-3-11(22)8-23/h7,9,11H,2-6,8,10H2,1H3,(H,26,27)/t11-/m1/s1. The van der Waals surface area contributed by atoms with Crippen molar-refractivity contribution in [2.45, 2.75) is 18.9 Å². The summed E-state index contributed by atoms with van der Waals surface area (Å²) in [5.74, 6) is -1.57. The van der Waals surface area contributed by atoms with Crippen molar-refractivity contribution in [3.63, 3.8) is 0 Å². The Morgan fingerprint density at radius 2 is 2.14 bits per heavy atom. The molecule has 9 heteroatoms. The summed E-state index contributed by atoms with van der Waals surface area (Å²) in [6.45, 7) is 3.48. The van der Waals surface area contributed by atoms with E-state index in [-0.39, 0.29) is 17.7 Å². The van der Waals surface area contributed by atoms with Crippen LogP contribution in [-0.2, 0) is 0 Å². The number of halogens is 1. The van der Waals surface area contributed by atoms with Crippen LogP contribution in [0.2, 0.25) is 0 Å². The van der Waals surface area contributed by atoms with Crippen molar-refractivity contribution in [3.05, 3.63) is 33.9 Å². The van der Waals surface area contributed by atoms with Crippen LogP contribution in [0, 0.1) is 5.82 Å². The molecule has 28 heavy (non-hydrogen) atoms. The average molecular weight is 388 g/mol. The van der Waals surface area contributed by atoms with E-state index < -0.39 is 17.2 Å². The van der Waals surface area contributed by atoms with Crippen LogP contribution in [0.3, 0.4) is 0 Å². The summed E-state index contributed by atoms with van der Waals surface area (Å²) in [6.07, 6.45) is 3.54. The Morgan fingerprint density at radius 1 is 1.32 bits per heavy atom. The maximum Gasteiger partial charge on any atom is 0.341 e. The Balaban J connectivity index is 1.72. The highest BCUT2D eigenvalue weighted by molar-refractivity contribution is 5.97. The highest BCUT2D eigenvalue weighted by Gasteiger charge is 2.35. The molecule has 1 atom stereocenters. The van der Waals surface area contributed by atoms with Gasteiger partial charge < -0.3 is 14.7 Å². The molecular formula is C19H21FN4O4. The summed E-state index contributed by atoms with van der Waals surface area (Å²) in [7, 11) is 1.72. The number of fused-ring (bicyclic) bond motifs is 1. The summed E-state index contributed by atoms with van der Waals surface area (Å²) in [5, 5.41) is 11.0. The summed E-state index contributed by atoms with van der Waals surface area (Å²) in [5.41, 5.74) is -0.318. The quantitative estimate of drug-likeness (QED) is 0.824. The molecule has 8 nitrogen and oxygen atoms in total. The molecule has 5 rings (SSSR count). The highest BCUT2D eigenvalue weighted by atomic mass is 19.1. The Morgan fingerprint density at radius 3 is 2.93 bits per heavy atom. The van der Waals surface area contributed by atoms with E-state index in [4.69, 9.17) is 4.74 Å². The second-order valence-electron chi connectivity index (χ2n) is 7.66. The van der Waals surface area contributed by atoms with Gasteiger partial charge in [0.1, 0.15) is 16.8 Å². The zero-order chi connectivity index (χ0) is 19.6. The molecule has 2 saturated heterocycles. The Bertz CT molecular complexity index is 1050. The van der Waals surface area contributed by atoms with Gasteiger partial charge in [-0.2, -0.15) is 0 Å². The van der Waals surface area contributed by atoms with E-state index in [2.05, 4.69) is 4.90 Å². The normalized spacial score (nSPS) is 21.7. The van der Waals surface area contributed by atoms with Gasteiger partial charge in [-0.25, -0.2) is 9.18 Å². The van der Waals surface area contributed by atoms with Crippen molar-refractivity contribution in [3.8, 4) is 5.75 Å². The summed E-state index contributed by atoms with van der Waals surface area (Å²) in [4.78, 5) is 28.6. The number of carboxylic acid groups (broad SMARTS) is 1. The van der Waals surface area contributed by atoms with Crippen molar-refractivity contribution < 1.29 is 19.0 Å². The lowest BCUT2D eigenvalue weighted by Gasteiger charge is -2.40. The number of pyridine rings is 1. The van der Waals surface area contributed by atoms with Crippen LogP contribution in [0.5, 0.6) is 5.75 Å². The second kappa shape index (κ2) is 6.10. The number of rotatable bonds is 2. The summed E-state index contributed by atoms with van der Waals surface area (Å²) < 4.78 is 22.7. The first kappa shape index (κ1) is 17.3. The lowest BCUT2D eigenvalue weighted by Crippen LogP contribution is -2.50. The van der Waals surface area contributed by atoms with E-state index in [1.54, 1.807) is 16.7 Å². The molecule has 4 heterocycles. The number of benzene rings is 1. The van der Waals surface area contributed by atoms with Crippen LogP contribution in [0.4, 0.5) is 10.1 Å². The number of ether oxygens (including phenoxy) is 1. The van der Waals surface area contributed by atoms with Gasteiger partial charge in [0.15, 0.2) is 18.3 Å². The SMILES string of the molecule is CN1COc2c(N3CCN4CCC[C@@H]4C3)c(F)cc3c(=O)c(C(=O)O)cn1c23. The van der Waals surface area contributed by atoms with Crippen molar-refractivity contribution in [1.29, 1.82) is 0 Å². The molecule has 1 aromatic heterocycles. The zero-order valence-electron chi connectivity index (χ0n) is 15.5. The molecule has 3 aliphatic heterocycles. The van der Waals surface area contributed by atoms with Crippen LogP contribution >= 0.6 is 0 Å². The summed E-state index contributed by atoms with van der Waals surface area (Å²) >= 11 is 0. The van der Waals surface area contributed by atoms with Gasteiger partial charge in [0.25, 0.3) is 0 Å². The van der Waals surface area contributed by atoms with Crippen LogP contribution < -0.4 is 20.1 Å². The molecule has 0 saturated carbocycles. The lowest BCUT2D eigenvalue weighted by atomic mass is 10.1. The number of aromatic nitrogens is 1. The maximum absolute atomic E-state index is 15.2. The number of hydrogen-bond donors (Lipinski definition) is 1. The van der Waals surface area contributed by atoms with Crippen LogP contribution in [0.25, 0.3) is 10.9 Å². The molecule has 2 aromatic rings. The van der Waals surface area contributed by atoms with Crippen LogP contribution in [0.15, 0.2) is 17.1 Å². The molecule has 1 N–H and O–H groups in total. The minimum atomic E-state index is -1.33. The second-order valence-corrected chi connectivity index (χ2v) is 7.66. The monoisotopic (exact) mass is 388 g/mol. The molecule has 148 valence electrons. The van der Waals surface area contributed by atoms with Gasteiger partial charge in [0.2, 0.25) is 5.43 Å². The van der Waals surface area contributed by atoms with Gasteiger partial charge in [-0.1, -0.05) is 0 Å². The Kier molecular flexibility index (Phi) is 3.77. The van der Waals surface area contributed by atoms with Crippen molar-refractivity contribution in [2.24, 2.45) is 0 Å². The molecule has 1 aromatic carbocycles. The number of nitrogens with zero attached hydrogens (tertiary/aromatic N) is 4. The third-order valence-corrected chi connectivity index (χ3v) is 6.05. The van der Waals surface area contributed by atoms with E-state index in [9.17, 15) is 14.7 Å². The average Bonchev–Trinajstić information content (AvgIpc) is 3.13. The molecule has 3 aliphatic rings. The Labute approximate surface area is 160 Å². The van der Waals surface area contributed by atoms with Gasteiger partial charge in [-0.15, -0.1) is 0 Å². The lowest BCUT2D eigenvalue weighted by molar-refractivity contribution is 0.0694.